The van der Waals surface area contributed by atoms with E-state index in [-0.39, 0.29) is 12.1 Å². The van der Waals surface area contributed by atoms with Gasteiger partial charge in [-0.3, -0.25) is 4.40 Å². The fraction of sp³-hybridized carbons (Fsp3) is 0.545. The number of nitrogens with one attached hydrogen (secondary N) is 1. The van der Waals surface area contributed by atoms with Gasteiger partial charge in [0.05, 0.1) is 12.1 Å². The molecule has 0 radical (unpaired) electrons. The highest BCUT2D eigenvalue weighted by Crippen LogP contribution is 2.22. The topological polar surface area (TPSA) is 75.3 Å². The van der Waals surface area contributed by atoms with Gasteiger partial charge in [0.1, 0.15) is 6.33 Å². The zero-order chi connectivity index (χ0) is 11.7. The maximum absolute atomic E-state index is 9.92. The minimum absolute atomic E-state index is 0.0687. The molecule has 2 heterocycles. The van der Waals surface area contributed by atoms with E-state index in [4.69, 9.17) is 0 Å². The number of aliphatic hydroxyl groups excluding tert-OH is 1. The van der Waals surface area contributed by atoms with Crippen LogP contribution >= 0.6 is 0 Å². The van der Waals surface area contributed by atoms with Crippen molar-refractivity contribution < 1.29 is 5.11 Å². The van der Waals surface area contributed by atoms with Crippen molar-refractivity contribution in [2.75, 3.05) is 5.32 Å². The standard InChI is InChI=1S/C11H15N5O/c17-9-4-2-1-3-8(9)14-10-11-15-13-7-16(11)6-5-12-10/h5-9,17H,1-4H2,(H,12,14). The molecule has 1 saturated carbocycles. The van der Waals surface area contributed by atoms with Gasteiger partial charge < -0.3 is 10.4 Å². The Morgan fingerprint density at radius 1 is 1.35 bits per heavy atom. The lowest BCUT2D eigenvalue weighted by molar-refractivity contribution is 0.116. The number of fused-ring (bicyclic) bond motifs is 1. The number of aromatic nitrogens is 4. The molecule has 6 heteroatoms. The number of aliphatic hydroxyl groups is 1. The summed E-state index contributed by atoms with van der Waals surface area (Å²) in [7, 11) is 0. The summed E-state index contributed by atoms with van der Waals surface area (Å²) in [5.74, 6) is 0.691. The molecule has 2 atom stereocenters. The molecular formula is C11H15N5O. The fourth-order valence-corrected chi connectivity index (χ4v) is 2.32. The van der Waals surface area contributed by atoms with Gasteiger partial charge in [0.15, 0.2) is 5.82 Å². The van der Waals surface area contributed by atoms with Crippen LogP contribution in [-0.2, 0) is 0 Å². The highest BCUT2D eigenvalue weighted by Gasteiger charge is 2.23. The molecular weight excluding hydrogens is 218 g/mol. The molecule has 2 N–H and O–H groups in total. The third kappa shape index (κ3) is 1.95. The first-order chi connectivity index (χ1) is 8.34. The van der Waals surface area contributed by atoms with Crippen LogP contribution in [-0.4, -0.2) is 36.8 Å². The first-order valence-corrected chi connectivity index (χ1v) is 5.93. The molecule has 1 aliphatic rings. The van der Waals surface area contributed by atoms with Crippen molar-refractivity contribution in [3.05, 3.63) is 18.7 Å². The van der Waals surface area contributed by atoms with E-state index in [1.165, 1.54) is 0 Å². The largest absolute Gasteiger partial charge is 0.391 e. The molecule has 0 aromatic carbocycles. The van der Waals surface area contributed by atoms with Gasteiger partial charge in [0.25, 0.3) is 0 Å². The van der Waals surface area contributed by atoms with Crippen molar-refractivity contribution in [2.45, 2.75) is 37.8 Å². The van der Waals surface area contributed by atoms with Crippen LogP contribution in [0, 0.1) is 0 Å². The van der Waals surface area contributed by atoms with Crippen LogP contribution in [0.5, 0.6) is 0 Å². The van der Waals surface area contributed by atoms with E-state index < -0.39 is 0 Å². The molecule has 0 saturated heterocycles. The van der Waals surface area contributed by atoms with Gasteiger partial charge >= 0.3 is 0 Å². The van der Waals surface area contributed by atoms with Gasteiger partial charge in [-0.15, -0.1) is 10.2 Å². The van der Waals surface area contributed by atoms with Crippen molar-refractivity contribution in [3.8, 4) is 0 Å². The Morgan fingerprint density at radius 2 is 2.24 bits per heavy atom. The highest BCUT2D eigenvalue weighted by atomic mass is 16.3. The molecule has 2 aromatic rings. The predicted molar refractivity (Wildman–Crippen MR) is 62.7 cm³/mol. The Balaban J connectivity index is 1.86. The number of anilines is 1. The number of nitrogens with zero attached hydrogens (tertiary/aromatic N) is 4. The summed E-state index contributed by atoms with van der Waals surface area (Å²) in [6.45, 7) is 0. The molecule has 2 unspecified atom stereocenters. The van der Waals surface area contributed by atoms with E-state index in [1.807, 2.05) is 4.40 Å². The summed E-state index contributed by atoms with van der Waals surface area (Å²) in [6.07, 6.45) is 8.91. The smallest absolute Gasteiger partial charge is 0.203 e. The summed E-state index contributed by atoms with van der Waals surface area (Å²) in [6, 6.07) is 0.0687. The zero-order valence-corrected chi connectivity index (χ0v) is 9.45. The highest BCUT2D eigenvalue weighted by molar-refractivity contribution is 5.61. The van der Waals surface area contributed by atoms with Crippen LogP contribution in [0.25, 0.3) is 5.65 Å². The van der Waals surface area contributed by atoms with Gasteiger partial charge in [-0.25, -0.2) is 4.98 Å². The van der Waals surface area contributed by atoms with Gasteiger partial charge in [0, 0.05) is 12.4 Å². The number of rotatable bonds is 2. The normalized spacial score (nSPS) is 25.0. The molecule has 0 bridgehead atoms. The molecule has 1 fully saturated rings. The molecule has 6 nitrogen and oxygen atoms in total. The van der Waals surface area contributed by atoms with Crippen LogP contribution in [0.3, 0.4) is 0 Å². The second-order valence-corrected chi connectivity index (χ2v) is 4.44. The Bertz CT molecular complexity index is 511. The Hall–Kier alpha value is -1.69. The first kappa shape index (κ1) is 10.5. The average molecular weight is 233 g/mol. The van der Waals surface area contributed by atoms with E-state index in [0.29, 0.717) is 11.5 Å². The van der Waals surface area contributed by atoms with Crippen LogP contribution < -0.4 is 5.32 Å². The fourth-order valence-electron chi connectivity index (χ4n) is 2.32. The van der Waals surface area contributed by atoms with Gasteiger partial charge in [-0.1, -0.05) is 12.8 Å². The Morgan fingerprint density at radius 3 is 3.12 bits per heavy atom. The minimum atomic E-state index is -0.297. The molecule has 0 amide bonds. The maximum atomic E-state index is 9.92. The van der Waals surface area contributed by atoms with Gasteiger partial charge in [0.2, 0.25) is 5.65 Å². The van der Waals surface area contributed by atoms with Crippen molar-refractivity contribution >= 4 is 11.5 Å². The third-order valence-electron chi connectivity index (χ3n) is 3.27. The molecule has 0 aliphatic heterocycles. The molecule has 3 rings (SSSR count). The summed E-state index contributed by atoms with van der Waals surface area (Å²) < 4.78 is 1.81. The Labute approximate surface area is 98.7 Å². The van der Waals surface area contributed by atoms with E-state index in [2.05, 4.69) is 20.5 Å². The number of hydrogen-bond donors (Lipinski definition) is 2. The van der Waals surface area contributed by atoms with E-state index in [9.17, 15) is 5.11 Å². The van der Waals surface area contributed by atoms with E-state index >= 15 is 0 Å². The van der Waals surface area contributed by atoms with Gasteiger partial charge in [-0.05, 0) is 12.8 Å². The third-order valence-corrected chi connectivity index (χ3v) is 3.27. The van der Waals surface area contributed by atoms with E-state index in [0.717, 1.165) is 25.7 Å². The molecule has 90 valence electrons. The first-order valence-electron chi connectivity index (χ1n) is 5.93. The lowest BCUT2D eigenvalue weighted by Crippen LogP contribution is -2.36. The molecule has 17 heavy (non-hydrogen) atoms. The van der Waals surface area contributed by atoms with E-state index in [1.54, 1.807) is 18.7 Å². The summed E-state index contributed by atoms with van der Waals surface area (Å²) in [5, 5.41) is 21.1. The lowest BCUT2D eigenvalue weighted by Gasteiger charge is -2.28. The second kappa shape index (κ2) is 4.29. The van der Waals surface area contributed by atoms with Crippen molar-refractivity contribution in [3.63, 3.8) is 0 Å². The SMILES string of the molecule is OC1CCCCC1Nc1nccn2cnnc12. The van der Waals surface area contributed by atoms with Crippen molar-refractivity contribution in [1.82, 2.24) is 19.6 Å². The van der Waals surface area contributed by atoms with Crippen molar-refractivity contribution in [1.29, 1.82) is 0 Å². The molecule has 2 aromatic heterocycles. The average Bonchev–Trinajstić information content (AvgIpc) is 2.81. The van der Waals surface area contributed by atoms with Crippen LogP contribution in [0.2, 0.25) is 0 Å². The zero-order valence-electron chi connectivity index (χ0n) is 9.45. The van der Waals surface area contributed by atoms with Crippen LogP contribution in [0.1, 0.15) is 25.7 Å². The number of hydrogen-bond acceptors (Lipinski definition) is 5. The lowest BCUT2D eigenvalue weighted by atomic mass is 9.93. The quantitative estimate of drug-likeness (QED) is 0.804. The summed E-state index contributed by atoms with van der Waals surface area (Å²) >= 11 is 0. The van der Waals surface area contributed by atoms with Crippen molar-refractivity contribution in [2.24, 2.45) is 0 Å². The monoisotopic (exact) mass is 233 g/mol. The summed E-state index contributed by atoms with van der Waals surface area (Å²) in [5.41, 5.74) is 0.699. The predicted octanol–water partition coefficient (Wildman–Crippen LogP) is 0.840. The minimum Gasteiger partial charge on any atom is -0.391 e. The van der Waals surface area contributed by atoms with Gasteiger partial charge in [-0.2, -0.15) is 0 Å². The summed E-state index contributed by atoms with van der Waals surface area (Å²) in [4.78, 5) is 4.26. The second-order valence-electron chi connectivity index (χ2n) is 4.44. The molecule has 1 aliphatic carbocycles. The van der Waals surface area contributed by atoms with Crippen LogP contribution in [0.4, 0.5) is 5.82 Å². The molecule has 0 spiro atoms. The van der Waals surface area contributed by atoms with Crippen LogP contribution in [0.15, 0.2) is 18.7 Å². The maximum Gasteiger partial charge on any atom is 0.203 e. The Kier molecular flexibility index (Phi) is 2.64.